The Kier molecular flexibility index (Phi) is 5.09. The molecule has 0 saturated heterocycles. The van der Waals surface area contributed by atoms with Gasteiger partial charge >= 0.3 is 0 Å². The number of thiophene rings is 1. The first-order chi connectivity index (χ1) is 11.6. The topological polar surface area (TPSA) is 57.0 Å². The Hall–Kier alpha value is -2.01. The highest BCUT2D eigenvalue weighted by Crippen LogP contribution is 2.32. The Morgan fingerprint density at radius 2 is 2.04 bits per heavy atom. The summed E-state index contributed by atoms with van der Waals surface area (Å²) in [5.41, 5.74) is 2.04. The monoisotopic (exact) mass is 417 g/mol. The first-order valence-electron chi connectivity index (χ1n) is 7.01. The average Bonchev–Trinajstić information content (AvgIpc) is 3.23. The summed E-state index contributed by atoms with van der Waals surface area (Å²) >= 11 is 6.49. The molecule has 0 N–H and O–H groups in total. The van der Waals surface area contributed by atoms with Crippen LogP contribution in [0, 0.1) is 11.3 Å². The van der Waals surface area contributed by atoms with Crippen LogP contribution in [0.2, 0.25) is 0 Å². The van der Waals surface area contributed by atoms with Gasteiger partial charge in [0.2, 0.25) is 0 Å². The third kappa shape index (κ3) is 3.73. The van der Waals surface area contributed by atoms with E-state index in [9.17, 15) is 4.79 Å². The number of aromatic nitrogens is 1. The van der Waals surface area contributed by atoms with Crippen molar-refractivity contribution in [2.45, 2.75) is 6.54 Å². The maximum atomic E-state index is 12.5. The minimum Gasteiger partial charge on any atom is -0.336 e. The van der Waals surface area contributed by atoms with Crippen molar-refractivity contribution in [1.29, 1.82) is 5.26 Å². The molecule has 2 aromatic heterocycles. The van der Waals surface area contributed by atoms with Crippen LogP contribution < -0.4 is 0 Å². The Bertz CT molecular complexity index is 909. The molecule has 24 heavy (non-hydrogen) atoms. The van der Waals surface area contributed by atoms with Crippen molar-refractivity contribution < 1.29 is 4.79 Å². The molecule has 0 saturated carbocycles. The molecule has 0 bridgehead atoms. The van der Waals surface area contributed by atoms with E-state index in [0.29, 0.717) is 17.8 Å². The van der Waals surface area contributed by atoms with Gasteiger partial charge in [-0.25, -0.2) is 4.98 Å². The summed E-state index contributed by atoms with van der Waals surface area (Å²) in [5, 5.41) is 13.5. The highest BCUT2D eigenvalue weighted by atomic mass is 79.9. The van der Waals surface area contributed by atoms with Gasteiger partial charge in [-0.3, -0.25) is 4.79 Å². The number of rotatable bonds is 4. The smallest absolute Gasteiger partial charge is 0.273 e. The van der Waals surface area contributed by atoms with E-state index >= 15 is 0 Å². The van der Waals surface area contributed by atoms with E-state index in [4.69, 9.17) is 5.26 Å². The first-order valence-corrected chi connectivity index (χ1v) is 9.56. The van der Waals surface area contributed by atoms with Gasteiger partial charge in [0.25, 0.3) is 5.91 Å². The molecule has 0 atom stereocenters. The van der Waals surface area contributed by atoms with Crippen LogP contribution in [0.4, 0.5) is 0 Å². The maximum Gasteiger partial charge on any atom is 0.273 e. The predicted molar refractivity (Wildman–Crippen MR) is 100 cm³/mol. The van der Waals surface area contributed by atoms with Crippen molar-refractivity contribution in [2.24, 2.45) is 0 Å². The van der Waals surface area contributed by atoms with E-state index in [1.165, 1.54) is 11.3 Å². The first kappa shape index (κ1) is 16.8. The lowest BCUT2D eigenvalue weighted by molar-refractivity contribution is 0.0780. The van der Waals surface area contributed by atoms with Gasteiger partial charge < -0.3 is 4.90 Å². The number of hydrogen-bond donors (Lipinski definition) is 0. The van der Waals surface area contributed by atoms with Crippen molar-refractivity contribution in [1.82, 2.24) is 9.88 Å². The molecule has 0 unspecified atom stereocenters. The Labute approximate surface area is 156 Å². The molecule has 0 aliphatic heterocycles. The fourth-order valence-electron chi connectivity index (χ4n) is 2.14. The second-order valence-corrected chi connectivity index (χ2v) is 7.82. The van der Waals surface area contributed by atoms with Crippen molar-refractivity contribution >= 4 is 44.5 Å². The Morgan fingerprint density at radius 3 is 2.67 bits per heavy atom. The standard InChI is InChI=1S/C17H12BrN3OS2/c1-21(8-12-4-2-11(7-19)3-5-12)17(22)14-10-24-16(20-14)15-6-13(18)9-23-15/h2-6,9-10H,8H2,1H3. The molecule has 2 heterocycles. The summed E-state index contributed by atoms with van der Waals surface area (Å²) < 4.78 is 1.02. The lowest BCUT2D eigenvalue weighted by atomic mass is 10.1. The number of nitriles is 1. The van der Waals surface area contributed by atoms with Crippen molar-refractivity contribution in [3.8, 4) is 16.0 Å². The fourth-order valence-corrected chi connectivity index (χ4v) is 4.44. The Morgan fingerprint density at radius 1 is 1.29 bits per heavy atom. The molecule has 0 spiro atoms. The third-order valence-corrected chi connectivity index (χ3v) is 6.05. The van der Waals surface area contributed by atoms with Crippen LogP contribution in [-0.4, -0.2) is 22.8 Å². The van der Waals surface area contributed by atoms with Crippen LogP contribution in [0.5, 0.6) is 0 Å². The number of carbonyl (C=O) groups is 1. The van der Waals surface area contributed by atoms with E-state index in [0.717, 1.165) is 19.9 Å². The lowest BCUT2D eigenvalue weighted by Crippen LogP contribution is -2.26. The molecule has 3 aromatic rings. The summed E-state index contributed by atoms with van der Waals surface area (Å²) in [6.07, 6.45) is 0. The zero-order chi connectivity index (χ0) is 17.1. The molecule has 120 valence electrons. The van der Waals surface area contributed by atoms with Crippen molar-refractivity contribution in [3.05, 3.63) is 62.4 Å². The van der Waals surface area contributed by atoms with E-state index < -0.39 is 0 Å². The summed E-state index contributed by atoms with van der Waals surface area (Å²) in [5.74, 6) is -0.113. The molecule has 4 nitrogen and oxygen atoms in total. The van der Waals surface area contributed by atoms with Crippen LogP contribution in [0.1, 0.15) is 21.6 Å². The zero-order valence-corrected chi connectivity index (χ0v) is 15.9. The van der Waals surface area contributed by atoms with Gasteiger partial charge in [0.15, 0.2) is 0 Å². The molecule has 7 heteroatoms. The molecule has 1 amide bonds. The number of halogens is 1. The van der Waals surface area contributed by atoms with Crippen LogP contribution in [0.3, 0.4) is 0 Å². The average molecular weight is 418 g/mol. The van der Waals surface area contributed by atoms with Crippen LogP contribution in [0.15, 0.2) is 45.6 Å². The minimum absolute atomic E-state index is 0.113. The largest absolute Gasteiger partial charge is 0.336 e. The van der Waals surface area contributed by atoms with Gasteiger partial charge in [-0.1, -0.05) is 12.1 Å². The Balaban J connectivity index is 1.71. The zero-order valence-electron chi connectivity index (χ0n) is 12.7. The van der Waals surface area contributed by atoms with Gasteiger partial charge in [-0.15, -0.1) is 22.7 Å². The van der Waals surface area contributed by atoms with Crippen molar-refractivity contribution in [3.63, 3.8) is 0 Å². The van der Waals surface area contributed by atoms with Gasteiger partial charge in [-0.05, 0) is 39.7 Å². The molecule has 1 aromatic carbocycles. The van der Waals surface area contributed by atoms with Crippen LogP contribution >= 0.6 is 38.6 Å². The number of amides is 1. The SMILES string of the molecule is CN(Cc1ccc(C#N)cc1)C(=O)c1csc(-c2cc(Br)cs2)n1. The second-order valence-electron chi connectivity index (χ2n) is 5.14. The third-order valence-electron chi connectivity index (χ3n) is 3.35. The highest BCUT2D eigenvalue weighted by molar-refractivity contribution is 9.10. The van der Waals surface area contributed by atoms with Crippen LogP contribution in [-0.2, 0) is 6.54 Å². The molecule has 3 rings (SSSR count). The minimum atomic E-state index is -0.113. The molecule has 0 radical (unpaired) electrons. The van der Waals surface area contributed by atoms with Gasteiger partial charge in [0.1, 0.15) is 10.7 Å². The number of benzene rings is 1. The van der Waals surface area contributed by atoms with Crippen LogP contribution in [0.25, 0.3) is 9.88 Å². The summed E-state index contributed by atoms with van der Waals surface area (Å²) in [4.78, 5) is 19.7. The quantitative estimate of drug-likeness (QED) is 0.613. The molecule has 0 fully saturated rings. The number of hydrogen-bond acceptors (Lipinski definition) is 5. The number of thiazole rings is 1. The van der Waals surface area contributed by atoms with Gasteiger partial charge in [0, 0.05) is 28.8 Å². The van der Waals surface area contributed by atoms with Gasteiger partial charge in [0.05, 0.1) is 16.5 Å². The second kappa shape index (κ2) is 7.26. The number of carbonyl (C=O) groups excluding carboxylic acids is 1. The molecular formula is C17H12BrN3OS2. The molecular weight excluding hydrogens is 406 g/mol. The summed E-state index contributed by atoms with van der Waals surface area (Å²) in [6.45, 7) is 0.474. The summed E-state index contributed by atoms with van der Waals surface area (Å²) in [6, 6.07) is 11.3. The summed E-state index contributed by atoms with van der Waals surface area (Å²) in [7, 11) is 1.75. The van der Waals surface area contributed by atoms with Gasteiger partial charge in [-0.2, -0.15) is 5.26 Å². The molecule has 0 aliphatic rings. The van der Waals surface area contributed by atoms with Crippen molar-refractivity contribution in [2.75, 3.05) is 7.05 Å². The number of nitrogens with zero attached hydrogens (tertiary/aromatic N) is 3. The van der Waals surface area contributed by atoms with E-state index in [-0.39, 0.29) is 5.91 Å². The van der Waals surface area contributed by atoms with E-state index in [1.54, 1.807) is 40.8 Å². The fraction of sp³-hybridized carbons (Fsp3) is 0.118. The van der Waals surface area contributed by atoms with E-state index in [1.807, 2.05) is 23.6 Å². The molecule has 0 aliphatic carbocycles. The maximum absolute atomic E-state index is 12.5. The normalized spacial score (nSPS) is 10.4. The van der Waals surface area contributed by atoms with E-state index in [2.05, 4.69) is 27.0 Å². The highest BCUT2D eigenvalue weighted by Gasteiger charge is 2.17. The predicted octanol–water partition coefficient (Wildman–Crippen LogP) is 4.78. The lowest BCUT2D eigenvalue weighted by Gasteiger charge is -2.15.